The topological polar surface area (TPSA) is 94.0 Å². The third-order valence-electron chi connectivity index (χ3n) is 2.80. The van der Waals surface area contributed by atoms with Gasteiger partial charge in [-0.2, -0.15) is 9.57 Å². The first-order valence-electron chi connectivity index (χ1n) is 6.06. The molecule has 1 heterocycles. The zero-order valence-electron chi connectivity index (χ0n) is 11.2. The van der Waals surface area contributed by atoms with Crippen LogP contribution in [0.5, 0.6) is 0 Å². The quantitative estimate of drug-likeness (QED) is 0.843. The van der Waals surface area contributed by atoms with Gasteiger partial charge in [0.05, 0.1) is 6.07 Å². The Morgan fingerprint density at radius 3 is 2.52 bits per heavy atom. The fraction of sp³-hybridized carbons (Fsp3) is 0.231. The highest BCUT2D eigenvalue weighted by molar-refractivity contribution is 7.91. The van der Waals surface area contributed by atoms with Crippen LogP contribution in [0, 0.1) is 18.3 Å². The van der Waals surface area contributed by atoms with Crippen molar-refractivity contribution in [2.45, 2.75) is 17.7 Å². The Hall–Kier alpha value is -1.95. The molecule has 6 nitrogen and oxygen atoms in total. The third-order valence-corrected chi connectivity index (χ3v) is 6.18. The van der Waals surface area contributed by atoms with Crippen molar-refractivity contribution in [1.29, 1.82) is 5.26 Å². The van der Waals surface area contributed by atoms with E-state index in [-0.39, 0.29) is 17.3 Å². The van der Waals surface area contributed by atoms with Crippen molar-refractivity contribution in [3.05, 3.63) is 51.3 Å². The van der Waals surface area contributed by atoms with Crippen LogP contribution in [0.25, 0.3) is 0 Å². The second-order valence-electron chi connectivity index (χ2n) is 4.34. The molecule has 0 aliphatic rings. The summed E-state index contributed by atoms with van der Waals surface area (Å²) in [6, 6.07) is 10.8. The van der Waals surface area contributed by atoms with Crippen molar-refractivity contribution < 1.29 is 8.42 Å². The summed E-state index contributed by atoms with van der Waals surface area (Å²) in [6.45, 7) is 1.34. The van der Waals surface area contributed by atoms with Crippen LogP contribution in [0.4, 0.5) is 0 Å². The minimum atomic E-state index is -3.87. The molecule has 0 saturated carbocycles. The highest BCUT2D eigenvalue weighted by atomic mass is 32.2. The van der Waals surface area contributed by atoms with E-state index in [0.29, 0.717) is 17.0 Å². The Morgan fingerprint density at radius 1 is 1.33 bits per heavy atom. The molecule has 0 atom stereocenters. The lowest BCUT2D eigenvalue weighted by molar-refractivity contribution is 0.442. The lowest BCUT2D eigenvalue weighted by Gasteiger charge is -2.18. The number of rotatable bonds is 5. The first-order valence-corrected chi connectivity index (χ1v) is 8.31. The third kappa shape index (κ3) is 3.39. The van der Waals surface area contributed by atoms with Crippen molar-refractivity contribution in [1.82, 2.24) is 9.29 Å². The maximum absolute atomic E-state index is 12.6. The molecule has 0 fully saturated rings. The molecular weight excluding hydrogens is 310 g/mol. The van der Waals surface area contributed by atoms with E-state index >= 15 is 0 Å². The minimum Gasteiger partial charge on any atom is -0.315 e. The van der Waals surface area contributed by atoms with Gasteiger partial charge in [-0.05, 0) is 12.5 Å². The number of thiazole rings is 1. The molecule has 2 rings (SSSR count). The number of benzene rings is 1. The molecule has 0 aliphatic heterocycles. The van der Waals surface area contributed by atoms with E-state index in [1.54, 1.807) is 24.3 Å². The number of nitrogens with one attached hydrogen (secondary N) is 1. The smallest absolute Gasteiger partial charge is 0.305 e. The molecular formula is C13H13N3O3S2. The highest BCUT2D eigenvalue weighted by Crippen LogP contribution is 2.22. The van der Waals surface area contributed by atoms with Gasteiger partial charge in [0.15, 0.2) is 4.21 Å². The number of aromatic nitrogens is 1. The van der Waals surface area contributed by atoms with Crippen molar-refractivity contribution in [2.75, 3.05) is 6.54 Å². The maximum atomic E-state index is 12.6. The molecule has 110 valence electrons. The molecule has 0 radical (unpaired) electrons. The van der Waals surface area contributed by atoms with Crippen LogP contribution in [-0.2, 0) is 16.6 Å². The van der Waals surface area contributed by atoms with E-state index in [0.717, 1.165) is 9.87 Å². The Labute approximate surface area is 126 Å². The Morgan fingerprint density at radius 2 is 2.00 bits per heavy atom. The normalized spacial score (nSPS) is 11.5. The lowest BCUT2D eigenvalue weighted by atomic mass is 10.2. The fourth-order valence-corrected chi connectivity index (χ4v) is 4.61. The summed E-state index contributed by atoms with van der Waals surface area (Å²) in [5.41, 5.74) is 1.07. The average Bonchev–Trinajstić information content (AvgIpc) is 2.79. The Balaban J connectivity index is 2.40. The van der Waals surface area contributed by atoms with Gasteiger partial charge in [0.2, 0.25) is 0 Å². The molecule has 1 aromatic heterocycles. The number of hydrogen-bond donors (Lipinski definition) is 1. The maximum Gasteiger partial charge on any atom is 0.305 e. The monoisotopic (exact) mass is 323 g/mol. The first kappa shape index (κ1) is 15.4. The van der Waals surface area contributed by atoms with Gasteiger partial charge >= 0.3 is 4.87 Å². The van der Waals surface area contributed by atoms with Crippen LogP contribution >= 0.6 is 11.3 Å². The molecule has 0 bridgehead atoms. The van der Waals surface area contributed by atoms with Gasteiger partial charge in [-0.15, -0.1) is 0 Å². The number of nitrogens with zero attached hydrogens (tertiary/aromatic N) is 2. The standard InChI is InChI=1S/C13H13N3O3S2/c1-10-12(20-13(17)15-10)21(18,19)16(8-7-14)9-11-5-3-2-4-6-11/h2-6H,8-9H2,1H3,(H,15,17). The molecule has 0 saturated heterocycles. The van der Waals surface area contributed by atoms with E-state index in [4.69, 9.17) is 5.26 Å². The van der Waals surface area contributed by atoms with Gasteiger partial charge in [-0.3, -0.25) is 4.79 Å². The van der Waals surface area contributed by atoms with Crippen LogP contribution in [0.1, 0.15) is 11.3 Å². The molecule has 21 heavy (non-hydrogen) atoms. The fourth-order valence-electron chi connectivity index (χ4n) is 1.85. The number of aryl methyl sites for hydroxylation is 1. The van der Waals surface area contributed by atoms with Crippen LogP contribution in [0.2, 0.25) is 0 Å². The number of aromatic amines is 1. The van der Waals surface area contributed by atoms with Gasteiger partial charge < -0.3 is 4.98 Å². The molecule has 8 heteroatoms. The zero-order valence-corrected chi connectivity index (χ0v) is 12.9. The number of sulfonamides is 1. The van der Waals surface area contributed by atoms with Crippen molar-refractivity contribution in [3.8, 4) is 6.07 Å². The van der Waals surface area contributed by atoms with Crippen LogP contribution < -0.4 is 4.87 Å². The molecule has 2 aromatic rings. The van der Waals surface area contributed by atoms with Gasteiger partial charge in [0, 0.05) is 12.2 Å². The van der Waals surface area contributed by atoms with Crippen LogP contribution in [-0.4, -0.2) is 24.3 Å². The predicted octanol–water partition coefficient (Wildman–Crippen LogP) is 1.46. The van der Waals surface area contributed by atoms with Gasteiger partial charge in [-0.25, -0.2) is 8.42 Å². The highest BCUT2D eigenvalue weighted by Gasteiger charge is 2.28. The second-order valence-corrected chi connectivity index (χ2v) is 7.46. The predicted molar refractivity (Wildman–Crippen MR) is 79.3 cm³/mol. The zero-order chi connectivity index (χ0) is 15.5. The van der Waals surface area contributed by atoms with E-state index in [1.807, 2.05) is 12.1 Å². The summed E-state index contributed by atoms with van der Waals surface area (Å²) >= 11 is 0.636. The van der Waals surface area contributed by atoms with E-state index in [1.165, 1.54) is 6.92 Å². The van der Waals surface area contributed by atoms with Crippen LogP contribution in [0.15, 0.2) is 39.3 Å². The van der Waals surface area contributed by atoms with E-state index in [2.05, 4.69) is 4.98 Å². The Kier molecular flexibility index (Phi) is 4.57. The minimum absolute atomic E-state index is 0.0429. The van der Waals surface area contributed by atoms with Crippen LogP contribution in [0.3, 0.4) is 0 Å². The summed E-state index contributed by atoms with van der Waals surface area (Å²) in [5.74, 6) is 0. The summed E-state index contributed by atoms with van der Waals surface area (Å²) in [7, 11) is -3.87. The summed E-state index contributed by atoms with van der Waals surface area (Å²) in [5, 5.41) is 8.88. The number of hydrogen-bond acceptors (Lipinski definition) is 5. The van der Waals surface area contributed by atoms with Gasteiger partial charge in [-0.1, -0.05) is 41.7 Å². The Bertz CT molecular complexity index is 816. The molecule has 0 spiro atoms. The number of nitriles is 1. The first-order chi connectivity index (χ1) is 9.95. The number of H-pyrrole nitrogens is 1. The molecule has 0 aliphatic carbocycles. The summed E-state index contributed by atoms with van der Waals surface area (Å²) in [4.78, 5) is 13.3. The van der Waals surface area contributed by atoms with E-state index < -0.39 is 14.9 Å². The van der Waals surface area contributed by atoms with Gasteiger partial charge in [0.25, 0.3) is 10.0 Å². The van der Waals surface area contributed by atoms with Crippen molar-refractivity contribution >= 4 is 21.4 Å². The summed E-state index contributed by atoms with van der Waals surface area (Å²) in [6.07, 6.45) is 0. The summed E-state index contributed by atoms with van der Waals surface area (Å²) < 4.78 is 26.2. The molecule has 1 N–H and O–H groups in total. The van der Waals surface area contributed by atoms with Gasteiger partial charge in [0.1, 0.15) is 6.54 Å². The second kappa shape index (κ2) is 6.22. The largest absolute Gasteiger partial charge is 0.315 e. The molecule has 0 amide bonds. The van der Waals surface area contributed by atoms with Crippen molar-refractivity contribution in [2.24, 2.45) is 0 Å². The SMILES string of the molecule is Cc1[nH]c(=O)sc1S(=O)(=O)N(CC#N)Cc1ccccc1. The van der Waals surface area contributed by atoms with E-state index in [9.17, 15) is 13.2 Å². The van der Waals surface area contributed by atoms with Crippen molar-refractivity contribution in [3.63, 3.8) is 0 Å². The average molecular weight is 323 g/mol. The molecule has 0 unspecified atom stereocenters. The molecule has 1 aromatic carbocycles. The lowest BCUT2D eigenvalue weighted by Crippen LogP contribution is -2.31.